The van der Waals surface area contributed by atoms with E-state index in [1.807, 2.05) is 32.0 Å². The molecule has 2 heterocycles. The van der Waals surface area contributed by atoms with E-state index in [0.717, 1.165) is 70.4 Å². The Kier molecular flexibility index (Phi) is 9.78. The maximum atomic E-state index is 13.4. The van der Waals surface area contributed by atoms with Crippen LogP contribution >= 0.6 is 22.9 Å². The number of quaternary nitrogens is 1. The molecule has 1 aromatic heterocycles. The number of hydrogen-bond acceptors (Lipinski definition) is 6. The average Bonchev–Trinajstić information content (AvgIpc) is 3.37. The van der Waals surface area contributed by atoms with E-state index >= 15 is 0 Å². The Hall–Kier alpha value is -3.15. The molecule has 2 N–H and O–H groups in total. The lowest BCUT2D eigenvalue weighted by molar-refractivity contribution is -0.926. The molecular formula is C35H44ClN4O4S2+. The molecule has 1 saturated heterocycles. The number of piperazine rings is 1. The first-order chi connectivity index (χ1) is 21.5. The Morgan fingerprint density at radius 3 is 2.39 bits per heavy atom. The number of sulfonamides is 1. The molecule has 1 fully saturated rings. The molecule has 46 heavy (non-hydrogen) atoms. The lowest BCUT2D eigenvalue weighted by Crippen LogP contribution is -2.55. The minimum Gasteiger partial charge on any atom is -0.491 e. The number of anilines is 2. The van der Waals surface area contributed by atoms with E-state index < -0.39 is 15.4 Å². The van der Waals surface area contributed by atoms with Gasteiger partial charge in [0.25, 0.3) is 5.91 Å². The highest BCUT2D eigenvalue weighted by Gasteiger charge is 2.30. The molecule has 0 atom stereocenters. The Morgan fingerprint density at radius 2 is 1.72 bits per heavy atom. The van der Waals surface area contributed by atoms with E-state index in [1.165, 1.54) is 16.9 Å². The minimum atomic E-state index is -3.41. The summed E-state index contributed by atoms with van der Waals surface area (Å²) in [7, 11) is 1.11. The van der Waals surface area contributed by atoms with Gasteiger partial charge in [-0.15, -0.1) is 11.3 Å². The quantitative estimate of drug-likeness (QED) is 0.173. The summed E-state index contributed by atoms with van der Waals surface area (Å²) in [6.07, 6.45) is 1.15. The maximum Gasteiger partial charge on any atom is 0.265 e. The summed E-state index contributed by atoms with van der Waals surface area (Å²) < 4.78 is 33.9. The molecule has 0 aliphatic carbocycles. The van der Waals surface area contributed by atoms with Gasteiger partial charge in [-0.3, -0.25) is 14.4 Å². The molecule has 3 aromatic carbocycles. The number of hydrogen-bond donors (Lipinski definition) is 2. The van der Waals surface area contributed by atoms with Crippen molar-refractivity contribution in [3.8, 4) is 5.75 Å². The third kappa shape index (κ3) is 8.41. The Morgan fingerprint density at radius 1 is 1.02 bits per heavy atom. The third-order valence-corrected chi connectivity index (χ3v) is 10.5. The molecule has 246 valence electrons. The predicted octanol–water partition coefficient (Wildman–Crippen LogP) is 7.18. The van der Waals surface area contributed by atoms with E-state index in [-0.39, 0.29) is 12.0 Å². The van der Waals surface area contributed by atoms with Crippen molar-refractivity contribution in [1.29, 1.82) is 0 Å². The fraction of sp³-hybridized carbons (Fsp3) is 0.400. The minimum absolute atomic E-state index is 0.0454. The Bertz CT molecular complexity index is 1860. The lowest BCUT2D eigenvalue weighted by atomic mass is 9.77. The van der Waals surface area contributed by atoms with Crippen LogP contribution in [0, 0.1) is 0 Å². The van der Waals surface area contributed by atoms with Crippen LogP contribution in [0.15, 0.2) is 60.7 Å². The van der Waals surface area contributed by atoms with Crippen molar-refractivity contribution in [2.75, 3.05) is 56.6 Å². The molecule has 1 aliphatic rings. The monoisotopic (exact) mass is 683 g/mol. The van der Waals surface area contributed by atoms with E-state index in [0.29, 0.717) is 21.3 Å². The molecule has 0 saturated carbocycles. The second kappa shape index (κ2) is 13.2. The van der Waals surface area contributed by atoms with E-state index in [4.69, 9.17) is 16.3 Å². The van der Waals surface area contributed by atoms with Crippen LogP contribution < -0.4 is 14.8 Å². The van der Waals surface area contributed by atoms with Gasteiger partial charge in [-0.2, -0.15) is 0 Å². The van der Waals surface area contributed by atoms with Gasteiger partial charge in [0.15, 0.2) is 0 Å². The van der Waals surface area contributed by atoms with Crippen LogP contribution in [0.3, 0.4) is 0 Å². The molecule has 5 rings (SSSR count). The molecule has 1 aliphatic heterocycles. The number of thiophene rings is 1. The Labute approximate surface area is 282 Å². The molecule has 4 aromatic rings. The van der Waals surface area contributed by atoms with Gasteiger partial charge in [0.1, 0.15) is 12.3 Å². The fourth-order valence-corrected chi connectivity index (χ4v) is 7.64. The number of amides is 1. The maximum absolute atomic E-state index is 13.4. The number of carbonyl (C=O) groups excluding carboxylic acids is 1. The predicted molar refractivity (Wildman–Crippen MR) is 191 cm³/mol. The molecule has 0 unspecified atom stereocenters. The first kappa shape index (κ1) is 34.2. The number of ether oxygens (including phenoxy) is 1. The van der Waals surface area contributed by atoms with Gasteiger partial charge >= 0.3 is 0 Å². The topological polar surface area (TPSA) is 87.7 Å². The van der Waals surface area contributed by atoms with Gasteiger partial charge in [0.2, 0.25) is 10.0 Å². The number of likely N-dealkylation sites (N-methyl/N-ethyl adjacent to an activating group) is 2. The van der Waals surface area contributed by atoms with Crippen molar-refractivity contribution in [1.82, 2.24) is 4.90 Å². The van der Waals surface area contributed by atoms with Crippen LogP contribution in [0.4, 0.5) is 11.4 Å². The molecular weight excluding hydrogens is 640 g/mol. The molecule has 0 spiro atoms. The number of halogens is 1. The standard InChI is InChI=1S/C35H43ClN4O4S2/c1-23(2)44-31-15-24(22-40(6)12-10-39(5)11-13-40)14-26(20-31)35(3,4)27-18-28(36)21-30(19-27)37-34(41)33-17-25-16-29(38-46(7,42)43)8-9-32(25)45-33/h8-9,14-21,23,38H,10-13,22H2,1-7H3/p+1. The van der Waals surface area contributed by atoms with Crippen molar-refractivity contribution >= 4 is 60.3 Å². The molecule has 11 heteroatoms. The summed E-state index contributed by atoms with van der Waals surface area (Å²) in [6.45, 7) is 13.7. The molecule has 0 bridgehead atoms. The van der Waals surface area contributed by atoms with E-state index in [9.17, 15) is 13.2 Å². The Balaban J connectivity index is 1.42. The summed E-state index contributed by atoms with van der Waals surface area (Å²) in [6, 6.07) is 19.3. The smallest absolute Gasteiger partial charge is 0.265 e. The second-order valence-electron chi connectivity index (χ2n) is 13.6. The average molecular weight is 684 g/mol. The van der Waals surface area contributed by atoms with Crippen LogP contribution in [-0.4, -0.2) is 76.3 Å². The second-order valence-corrected chi connectivity index (χ2v) is 16.9. The third-order valence-electron chi connectivity index (χ3n) is 8.59. The normalized spacial score (nSPS) is 15.7. The number of fused-ring (bicyclic) bond motifs is 1. The number of carbonyl (C=O) groups is 1. The summed E-state index contributed by atoms with van der Waals surface area (Å²) >= 11 is 8.01. The zero-order chi connectivity index (χ0) is 33.4. The lowest BCUT2D eigenvalue weighted by Gasteiger charge is -2.41. The van der Waals surface area contributed by atoms with Crippen molar-refractivity contribution in [3.63, 3.8) is 0 Å². The highest BCUT2D eigenvalue weighted by Crippen LogP contribution is 2.38. The van der Waals surface area contributed by atoms with Crippen molar-refractivity contribution in [2.24, 2.45) is 0 Å². The van der Waals surface area contributed by atoms with E-state index in [1.54, 1.807) is 24.3 Å². The zero-order valence-electron chi connectivity index (χ0n) is 27.6. The van der Waals surface area contributed by atoms with Gasteiger partial charge in [0, 0.05) is 45.2 Å². The van der Waals surface area contributed by atoms with Crippen LogP contribution in [0.25, 0.3) is 10.1 Å². The van der Waals surface area contributed by atoms with Gasteiger partial charge in [0.05, 0.1) is 37.4 Å². The fourth-order valence-electron chi connectivity index (χ4n) is 5.91. The molecule has 1 amide bonds. The summed E-state index contributed by atoms with van der Waals surface area (Å²) in [5.41, 5.74) is 3.93. The van der Waals surface area contributed by atoms with Crippen molar-refractivity contribution in [3.05, 3.63) is 87.3 Å². The molecule has 8 nitrogen and oxygen atoms in total. The van der Waals surface area contributed by atoms with Crippen molar-refractivity contribution < 1.29 is 22.4 Å². The highest BCUT2D eigenvalue weighted by molar-refractivity contribution is 7.92. The van der Waals surface area contributed by atoms with Crippen LogP contribution in [0.1, 0.15) is 54.1 Å². The van der Waals surface area contributed by atoms with Gasteiger partial charge < -0.3 is 14.5 Å². The number of nitrogens with zero attached hydrogens (tertiary/aromatic N) is 2. The number of benzene rings is 3. The summed E-state index contributed by atoms with van der Waals surface area (Å²) in [5, 5.41) is 4.34. The van der Waals surface area contributed by atoms with Crippen LogP contribution in [0.2, 0.25) is 5.02 Å². The summed E-state index contributed by atoms with van der Waals surface area (Å²) in [4.78, 5) is 16.3. The molecule has 0 radical (unpaired) electrons. The zero-order valence-corrected chi connectivity index (χ0v) is 30.0. The van der Waals surface area contributed by atoms with Gasteiger partial charge in [-0.05, 0) is 98.1 Å². The van der Waals surface area contributed by atoms with E-state index in [2.05, 4.69) is 61.1 Å². The number of nitrogens with one attached hydrogen (secondary N) is 2. The van der Waals surface area contributed by atoms with Crippen LogP contribution in [-0.2, 0) is 22.0 Å². The summed E-state index contributed by atoms with van der Waals surface area (Å²) in [5.74, 6) is 0.593. The largest absolute Gasteiger partial charge is 0.491 e. The van der Waals surface area contributed by atoms with Crippen molar-refractivity contribution in [2.45, 2.75) is 45.8 Å². The highest BCUT2D eigenvalue weighted by atomic mass is 35.5. The van der Waals surface area contributed by atoms with Gasteiger partial charge in [-0.25, -0.2) is 8.42 Å². The SMILES string of the molecule is CC(C)Oc1cc(C[N+]2(C)CCN(C)CC2)cc(C(C)(C)c2cc(Cl)cc(NC(=O)c3cc4cc(NS(C)(=O)=O)ccc4s3)c2)c1. The first-order valence-electron chi connectivity index (χ1n) is 15.5. The number of rotatable bonds is 10. The van der Waals surface area contributed by atoms with Gasteiger partial charge in [-0.1, -0.05) is 25.4 Å². The van der Waals surface area contributed by atoms with Crippen LogP contribution in [0.5, 0.6) is 5.75 Å². The first-order valence-corrected chi connectivity index (χ1v) is 18.5.